The van der Waals surface area contributed by atoms with Crippen molar-refractivity contribution in [3.63, 3.8) is 0 Å². The predicted molar refractivity (Wildman–Crippen MR) is 62.4 cm³/mol. The normalized spacial score (nSPS) is 11.2. The van der Waals surface area contributed by atoms with Crippen LogP contribution in [0.3, 0.4) is 0 Å². The molecule has 0 spiro atoms. The van der Waals surface area contributed by atoms with Gasteiger partial charge in [-0.05, 0) is 39.8 Å². The average molecular weight is 223 g/mol. The fourth-order valence-electron chi connectivity index (χ4n) is 1.32. The van der Waals surface area contributed by atoms with E-state index in [4.69, 9.17) is 10.5 Å². The minimum atomic E-state index is -0.582. The smallest absolute Gasteiger partial charge is 0.341 e. The molecule has 1 aromatic rings. The Bertz CT molecular complexity index is 419. The number of hydrogen-bond donors (Lipinski definition) is 2. The Labute approximate surface area is 95.0 Å². The Morgan fingerprint density at radius 1 is 1.38 bits per heavy atom. The number of aromatic hydroxyl groups is 1. The first kappa shape index (κ1) is 12.4. The first-order valence-electron chi connectivity index (χ1n) is 5.04. The molecule has 0 fully saturated rings. The maximum atomic E-state index is 11.8. The van der Waals surface area contributed by atoms with E-state index in [1.165, 1.54) is 12.1 Å². The van der Waals surface area contributed by atoms with Crippen molar-refractivity contribution < 1.29 is 14.6 Å². The second-order valence-electron chi connectivity index (χ2n) is 4.68. The van der Waals surface area contributed by atoms with Crippen molar-refractivity contribution in [3.05, 3.63) is 23.3 Å². The molecule has 4 nitrogen and oxygen atoms in total. The third kappa shape index (κ3) is 2.66. The lowest BCUT2D eigenvalue weighted by Gasteiger charge is -2.21. The van der Waals surface area contributed by atoms with Crippen LogP contribution in [0.15, 0.2) is 12.1 Å². The quantitative estimate of drug-likeness (QED) is 0.435. The van der Waals surface area contributed by atoms with Gasteiger partial charge in [0, 0.05) is 11.3 Å². The Hall–Kier alpha value is -1.71. The summed E-state index contributed by atoms with van der Waals surface area (Å²) in [5.74, 6) is -0.478. The monoisotopic (exact) mass is 223 g/mol. The maximum absolute atomic E-state index is 11.8. The molecule has 0 aliphatic rings. The molecule has 88 valence electrons. The molecule has 0 saturated heterocycles. The number of carbonyl (C=O) groups excluding carboxylic acids is 1. The van der Waals surface area contributed by atoms with Crippen molar-refractivity contribution in [3.8, 4) is 5.75 Å². The summed E-state index contributed by atoms with van der Waals surface area (Å²) in [4.78, 5) is 11.8. The third-order valence-electron chi connectivity index (χ3n) is 2.07. The predicted octanol–water partition coefficient (Wildman–Crippen LogP) is 2.24. The number of hydrogen-bond acceptors (Lipinski definition) is 4. The maximum Gasteiger partial charge on any atom is 0.341 e. The topological polar surface area (TPSA) is 72.5 Å². The molecule has 0 aromatic heterocycles. The standard InChI is InChI=1S/C12H17NO3/c1-7-9(14)6-5-8(13)10(7)11(15)16-12(2,3)4/h5-6,14H,13H2,1-4H3. The number of ether oxygens (including phenoxy) is 1. The second kappa shape index (κ2) is 4.04. The van der Waals surface area contributed by atoms with Gasteiger partial charge in [-0.25, -0.2) is 4.79 Å². The van der Waals surface area contributed by atoms with Crippen LogP contribution in [0.2, 0.25) is 0 Å². The van der Waals surface area contributed by atoms with E-state index in [0.717, 1.165) is 0 Å². The highest BCUT2D eigenvalue weighted by molar-refractivity contribution is 5.97. The number of anilines is 1. The summed E-state index contributed by atoms with van der Waals surface area (Å²) in [6.07, 6.45) is 0. The van der Waals surface area contributed by atoms with Gasteiger partial charge in [0.1, 0.15) is 11.4 Å². The van der Waals surface area contributed by atoms with Crippen LogP contribution >= 0.6 is 0 Å². The van der Waals surface area contributed by atoms with E-state index in [2.05, 4.69) is 0 Å². The number of phenolic OH excluding ortho intramolecular Hbond substituents is 1. The zero-order valence-electron chi connectivity index (χ0n) is 10.00. The van der Waals surface area contributed by atoms with Crippen LogP contribution in [0.25, 0.3) is 0 Å². The lowest BCUT2D eigenvalue weighted by Crippen LogP contribution is -2.25. The molecule has 0 saturated carbocycles. The van der Waals surface area contributed by atoms with E-state index in [-0.39, 0.29) is 11.3 Å². The molecule has 16 heavy (non-hydrogen) atoms. The van der Waals surface area contributed by atoms with Gasteiger partial charge in [0.15, 0.2) is 0 Å². The van der Waals surface area contributed by atoms with Crippen molar-refractivity contribution in [2.45, 2.75) is 33.3 Å². The Morgan fingerprint density at radius 2 is 1.94 bits per heavy atom. The van der Waals surface area contributed by atoms with Gasteiger partial charge in [0.25, 0.3) is 0 Å². The number of benzene rings is 1. The summed E-state index contributed by atoms with van der Waals surface area (Å²) < 4.78 is 5.21. The van der Waals surface area contributed by atoms with Crippen molar-refractivity contribution in [2.75, 3.05) is 5.73 Å². The number of nitrogens with two attached hydrogens (primary N) is 1. The molecule has 0 unspecified atom stereocenters. The molecular formula is C12H17NO3. The molecule has 0 aliphatic heterocycles. The SMILES string of the molecule is Cc1c(O)ccc(N)c1C(=O)OC(C)(C)C. The van der Waals surface area contributed by atoms with Gasteiger partial charge in [-0.2, -0.15) is 0 Å². The van der Waals surface area contributed by atoms with Gasteiger partial charge in [-0.15, -0.1) is 0 Å². The highest BCUT2D eigenvalue weighted by atomic mass is 16.6. The Morgan fingerprint density at radius 3 is 2.44 bits per heavy atom. The van der Waals surface area contributed by atoms with Gasteiger partial charge in [-0.1, -0.05) is 0 Å². The van der Waals surface area contributed by atoms with Gasteiger partial charge in [-0.3, -0.25) is 0 Å². The van der Waals surface area contributed by atoms with E-state index >= 15 is 0 Å². The third-order valence-corrected chi connectivity index (χ3v) is 2.07. The van der Waals surface area contributed by atoms with Crippen LogP contribution in [0.5, 0.6) is 5.75 Å². The molecule has 1 rings (SSSR count). The van der Waals surface area contributed by atoms with E-state index in [9.17, 15) is 9.90 Å². The first-order chi connectivity index (χ1) is 7.22. The zero-order chi connectivity index (χ0) is 12.5. The van der Waals surface area contributed by atoms with Crippen LogP contribution < -0.4 is 5.73 Å². The molecule has 0 bridgehead atoms. The van der Waals surface area contributed by atoms with Crippen molar-refractivity contribution in [2.24, 2.45) is 0 Å². The summed E-state index contributed by atoms with van der Waals surface area (Å²) in [6, 6.07) is 2.94. The molecule has 0 heterocycles. The highest BCUT2D eigenvalue weighted by Crippen LogP contribution is 2.27. The Balaban J connectivity index is 3.14. The molecular weight excluding hydrogens is 206 g/mol. The molecule has 0 atom stereocenters. The van der Waals surface area contributed by atoms with Gasteiger partial charge < -0.3 is 15.6 Å². The minimum Gasteiger partial charge on any atom is -0.508 e. The molecule has 0 amide bonds. The number of phenols is 1. The van der Waals surface area contributed by atoms with Crippen LogP contribution in [0, 0.1) is 6.92 Å². The van der Waals surface area contributed by atoms with Crippen LogP contribution in [0.4, 0.5) is 5.69 Å². The summed E-state index contributed by atoms with van der Waals surface area (Å²) in [6.45, 7) is 6.96. The summed E-state index contributed by atoms with van der Waals surface area (Å²) in [5.41, 5.74) is 6.10. The van der Waals surface area contributed by atoms with E-state index in [1.807, 2.05) is 0 Å². The van der Waals surface area contributed by atoms with Crippen LogP contribution in [0.1, 0.15) is 36.7 Å². The summed E-state index contributed by atoms with van der Waals surface area (Å²) in [5, 5.41) is 9.51. The molecule has 1 aromatic carbocycles. The fourth-order valence-corrected chi connectivity index (χ4v) is 1.32. The largest absolute Gasteiger partial charge is 0.508 e. The molecule has 0 aliphatic carbocycles. The molecule has 0 radical (unpaired) electrons. The molecule has 3 N–H and O–H groups in total. The van der Waals surface area contributed by atoms with Gasteiger partial charge in [0.05, 0.1) is 5.56 Å². The number of carbonyl (C=O) groups is 1. The summed E-state index contributed by atoms with van der Waals surface area (Å²) >= 11 is 0. The van der Waals surface area contributed by atoms with Crippen molar-refractivity contribution in [1.29, 1.82) is 0 Å². The zero-order valence-corrected chi connectivity index (χ0v) is 10.00. The van der Waals surface area contributed by atoms with E-state index in [0.29, 0.717) is 11.3 Å². The fraction of sp³-hybridized carbons (Fsp3) is 0.417. The average Bonchev–Trinajstić information content (AvgIpc) is 2.09. The Kier molecular flexibility index (Phi) is 3.12. The first-order valence-corrected chi connectivity index (χ1v) is 5.04. The molecule has 4 heteroatoms. The van der Waals surface area contributed by atoms with E-state index < -0.39 is 11.6 Å². The van der Waals surface area contributed by atoms with Gasteiger partial charge >= 0.3 is 5.97 Å². The van der Waals surface area contributed by atoms with Crippen molar-refractivity contribution >= 4 is 11.7 Å². The van der Waals surface area contributed by atoms with Gasteiger partial charge in [0.2, 0.25) is 0 Å². The lowest BCUT2D eigenvalue weighted by molar-refractivity contribution is 0.00696. The minimum absolute atomic E-state index is 0.0371. The summed E-state index contributed by atoms with van der Waals surface area (Å²) in [7, 11) is 0. The van der Waals surface area contributed by atoms with Crippen LogP contribution in [-0.4, -0.2) is 16.7 Å². The number of esters is 1. The van der Waals surface area contributed by atoms with E-state index in [1.54, 1.807) is 27.7 Å². The number of nitrogen functional groups attached to an aromatic ring is 1. The number of rotatable bonds is 1. The van der Waals surface area contributed by atoms with Crippen molar-refractivity contribution in [1.82, 2.24) is 0 Å². The second-order valence-corrected chi connectivity index (χ2v) is 4.68. The lowest BCUT2D eigenvalue weighted by atomic mass is 10.1. The highest BCUT2D eigenvalue weighted by Gasteiger charge is 2.22. The van der Waals surface area contributed by atoms with Crippen LogP contribution in [-0.2, 0) is 4.74 Å².